The van der Waals surface area contributed by atoms with Crippen LogP contribution in [0.15, 0.2) is 0 Å². The molecule has 0 aromatic heterocycles. The Bertz CT molecular complexity index is 297. The predicted octanol–water partition coefficient (Wildman–Crippen LogP) is -11.9. The fourth-order valence-electron chi connectivity index (χ4n) is 0. The normalized spacial score (nSPS) is 9.44. The van der Waals surface area contributed by atoms with Gasteiger partial charge >= 0.3 is 115 Å². The van der Waals surface area contributed by atoms with Crippen LogP contribution in [-0.4, -0.2) is 125 Å². The van der Waals surface area contributed by atoms with E-state index >= 15 is 0 Å². The van der Waals surface area contributed by atoms with E-state index in [4.69, 9.17) is 77.0 Å². The molecule has 0 heterocycles. The van der Waals surface area contributed by atoms with Gasteiger partial charge in [0.2, 0.25) is 0 Å². The number of rotatable bonds is 0. The number of phosphoric acid groups is 4. The summed E-state index contributed by atoms with van der Waals surface area (Å²) in [7, 11) is -21.1. The van der Waals surface area contributed by atoms with Crippen molar-refractivity contribution < 1.29 is 77.0 Å². The Morgan fingerprint density at radius 2 is 0.400 bits per heavy atom. The molecule has 0 saturated carbocycles. The van der Waals surface area contributed by atoms with Crippen molar-refractivity contribution in [3.8, 4) is 0 Å². The van der Waals surface area contributed by atoms with E-state index in [1.165, 1.54) is 0 Å². The maximum Gasteiger partial charge on any atom is 2.00 e. The molecule has 0 aliphatic heterocycles. The summed E-state index contributed by atoms with van der Waals surface area (Å²) in [5.74, 6) is 0. The van der Waals surface area contributed by atoms with Crippen molar-refractivity contribution >= 4 is 147 Å². The first kappa shape index (κ1) is 56.9. The van der Waals surface area contributed by atoms with Crippen LogP contribution in [0, 0.1) is 0 Å². The predicted molar refractivity (Wildman–Crippen MR) is 63.6 cm³/mol. The first-order valence-corrected chi connectivity index (χ1v) is 8.87. The van der Waals surface area contributed by atoms with E-state index in [9.17, 15) is 0 Å². The summed E-state index contributed by atoms with van der Waals surface area (Å²) in [6.07, 6.45) is 0. The molecule has 25 heavy (non-hydrogen) atoms. The van der Waals surface area contributed by atoms with E-state index in [0.717, 1.165) is 0 Å². The van der Waals surface area contributed by atoms with Crippen LogP contribution in [0.4, 0.5) is 0 Å². The molecule has 0 saturated heterocycles. The van der Waals surface area contributed by atoms with Crippen LogP contribution < -0.4 is 48.9 Å². The summed E-state index contributed by atoms with van der Waals surface area (Å²) < 4.78 is 34.4. The molecule has 0 spiro atoms. The van der Waals surface area contributed by atoms with Gasteiger partial charge in [-0.15, -0.1) is 0 Å². The minimum absolute atomic E-state index is 0. The van der Waals surface area contributed by atoms with Crippen molar-refractivity contribution in [1.82, 2.24) is 0 Å². The third-order valence-electron chi connectivity index (χ3n) is 0. The average molecular weight is 503 g/mol. The SMILES string of the molecule is O=P([O-])([O-])O.O=P([O-])([O-])O.O=P([O-])([O-])[O-].O=P([O-])([O-])[O-].[Mg+2].[Mg+2].[Mg+2].[Mg+2].[Mg+2]. The van der Waals surface area contributed by atoms with Crippen LogP contribution in [0.25, 0.3) is 0 Å². The monoisotopic (exact) mass is 502 g/mol. The van der Waals surface area contributed by atoms with E-state index in [1.807, 2.05) is 0 Å². The largest absolute Gasteiger partial charge is 2.00 e. The summed E-state index contributed by atoms with van der Waals surface area (Å²) in [4.78, 5) is 99.9. The molecule has 0 aliphatic rings. The Hall–Kier alpha value is 4.27. The topological polar surface area (TPSA) is 339 Å². The maximum atomic E-state index is 8.66. The van der Waals surface area contributed by atoms with Crippen LogP contribution in [0.2, 0.25) is 0 Å². The van der Waals surface area contributed by atoms with Gasteiger partial charge < -0.3 is 77.0 Å². The summed E-state index contributed by atoms with van der Waals surface area (Å²) in [6, 6.07) is 0. The molecule has 0 amide bonds. The summed E-state index contributed by atoms with van der Waals surface area (Å²) in [5, 5.41) is 0. The molecule has 0 bridgehead atoms. The van der Waals surface area contributed by atoms with Crippen LogP contribution in [0.3, 0.4) is 0 Å². The van der Waals surface area contributed by atoms with Gasteiger partial charge in [0, 0.05) is 0 Å². The molecule has 0 aliphatic carbocycles. The second-order valence-corrected chi connectivity index (χ2v) is 5.49. The van der Waals surface area contributed by atoms with E-state index in [0.29, 0.717) is 0 Å². The molecule has 0 fully saturated rings. The molecular weight excluding hydrogens is 501 g/mol. The van der Waals surface area contributed by atoms with E-state index in [2.05, 4.69) is 0 Å². The fraction of sp³-hybridized carbons (Fsp3) is 0. The minimum Gasteiger partial charge on any atom is -0.822 e. The molecule has 16 nitrogen and oxygen atoms in total. The molecule has 0 aromatic rings. The fourth-order valence-corrected chi connectivity index (χ4v) is 0. The number of hydrogen-bond acceptors (Lipinski definition) is 14. The van der Waals surface area contributed by atoms with Gasteiger partial charge in [-0.2, -0.15) is 15.6 Å². The van der Waals surface area contributed by atoms with Gasteiger partial charge in [-0.1, -0.05) is 0 Å². The minimum atomic E-state index is -5.39. The molecule has 0 aromatic carbocycles. The molecule has 0 unspecified atom stereocenters. The third kappa shape index (κ3) is 1070. The van der Waals surface area contributed by atoms with Crippen LogP contribution in [0.5, 0.6) is 0 Å². The van der Waals surface area contributed by atoms with Gasteiger partial charge in [0.05, 0.1) is 15.6 Å². The Labute approximate surface area is 220 Å². The van der Waals surface area contributed by atoms with Crippen molar-refractivity contribution in [3.63, 3.8) is 0 Å². The quantitative estimate of drug-likeness (QED) is 0.229. The first-order valence-electron chi connectivity index (χ1n) is 2.96. The van der Waals surface area contributed by atoms with E-state index < -0.39 is 31.3 Å². The van der Waals surface area contributed by atoms with Crippen molar-refractivity contribution in [2.75, 3.05) is 0 Å². The maximum absolute atomic E-state index is 8.66. The van der Waals surface area contributed by atoms with Crippen LogP contribution in [0.1, 0.15) is 0 Å². The molecule has 0 radical (unpaired) electrons. The van der Waals surface area contributed by atoms with Crippen molar-refractivity contribution in [2.45, 2.75) is 0 Å². The Balaban J connectivity index is -0.0000000183. The van der Waals surface area contributed by atoms with Gasteiger partial charge in [-0.05, 0) is 0 Å². The van der Waals surface area contributed by atoms with Crippen molar-refractivity contribution in [3.05, 3.63) is 0 Å². The molecule has 128 valence electrons. The van der Waals surface area contributed by atoms with Crippen molar-refractivity contribution in [2.24, 2.45) is 0 Å². The Morgan fingerprint density at radius 3 is 0.400 bits per heavy atom. The van der Waals surface area contributed by atoms with Gasteiger partial charge in [-0.25, -0.2) is 0 Å². The summed E-state index contributed by atoms with van der Waals surface area (Å²) in [6.45, 7) is 0. The molecule has 0 atom stereocenters. The molecule has 0 rings (SSSR count). The average Bonchev–Trinajstić information content (AvgIpc) is 1.62. The smallest absolute Gasteiger partial charge is 0.822 e. The number of hydrogen-bond donors (Lipinski definition) is 2. The van der Waals surface area contributed by atoms with E-state index in [1.54, 1.807) is 0 Å². The van der Waals surface area contributed by atoms with Gasteiger partial charge in [0.1, 0.15) is 0 Å². The third-order valence-corrected chi connectivity index (χ3v) is 0. The molecule has 2 N–H and O–H groups in total. The molecule has 25 heteroatoms. The Kier molecular flexibility index (Phi) is 59.9. The standard InChI is InChI=1S/5Mg.4H3O4P/c;;;;;4*1-5(2,3)4/h;;;;;4*(H3,1,2,3,4)/q5*+2;;;;/p-10. The van der Waals surface area contributed by atoms with Crippen LogP contribution in [-0.2, 0) is 18.3 Å². The molecular formula is H2Mg5O16P4. The van der Waals surface area contributed by atoms with Gasteiger partial charge in [-0.3, -0.25) is 0 Å². The zero-order valence-corrected chi connectivity index (χ0v) is 22.6. The summed E-state index contributed by atoms with van der Waals surface area (Å²) in [5.41, 5.74) is 0. The zero-order chi connectivity index (χ0) is 18.0. The first-order chi connectivity index (χ1) is 8.00. The van der Waals surface area contributed by atoms with Crippen LogP contribution >= 0.6 is 31.3 Å². The van der Waals surface area contributed by atoms with Gasteiger partial charge in [0.25, 0.3) is 0 Å². The van der Waals surface area contributed by atoms with Gasteiger partial charge in [0.15, 0.2) is 0 Å². The van der Waals surface area contributed by atoms with E-state index in [-0.39, 0.29) is 115 Å². The zero-order valence-electron chi connectivity index (χ0n) is 11.9. The second kappa shape index (κ2) is 26.3. The Morgan fingerprint density at radius 1 is 0.400 bits per heavy atom. The van der Waals surface area contributed by atoms with Crippen molar-refractivity contribution in [1.29, 1.82) is 0 Å². The second-order valence-electron chi connectivity index (χ2n) is 1.83. The summed E-state index contributed by atoms with van der Waals surface area (Å²) >= 11 is 0.